The molecule has 1 aliphatic rings. The lowest BCUT2D eigenvalue weighted by Gasteiger charge is -2.16. The summed E-state index contributed by atoms with van der Waals surface area (Å²) in [5.74, 6) is -4.05. The van der Waals surface area contributed by atoms with Gasteiger partial charge in [-0.1, -0.05) is 29.8 Å². The zero-order valence-corrected chi connectivity index (χ0v) is 16.8. The number of benzene rings is 3. The number of hydrogen-bond donors (Lipinski definition) is 1. The Labute approximate surface area is 180 Å². The molecule has 0 spiro atoms. The second kappa shape index (κ2) is 7.92. The molecule has 4 nitrogen and oxygen atoms in total. The number of halogens is 4. The Balaban J connectivity index is 1.85. The Kier molecular flexibility index (Phi) is 5.29. The van der Waals surface area contributed by atoms with Crippen molar-refractivity contribution in [2.75, 3.05) is 10.2 Å². The molecule has 3 aromatic carbocycles. The van der Waals surface area contributed by atoms with E-state index in [1.54, 1.807) is 25.1 Å². The molecule has 4 rings (SSSR count). The Bertz CT molecular complexity index is 1260. The summed E-state index contributed by atoms with van der Waals surface area (Å²) >= 11 is 6.15. The van der Waals surface area contributed by atoms with Crippen LogP contribution in [0.1, 0.15) is 11.1 Å². The number of hydrogen-bond acceptors (Lipinski definition) is 3. The predicted molar refractivity (Wildman–Crippen MR) is 112 cm³/mol. The fraction of sp³-hybridized carbons (Fsp3) is 0.0435. The average molecular weight is 443 g/mol. The molecule has 0 bridgehead atoms. The normalized spacial score (nSPS) is 13.9. The summed E-state index contributed by atoms with van der Waals surface area (Å²) in [7, 11) is 0. The van der Waals surface area contributed by atoms with Gasteiger partial charge >= 0.3 is 0 Å². The van der Waals surface area contributed by atoms with E-state index in [-0.39, 0.29) is 16.8 Å². The number of nitrogens with one attached hydrogen (secondary N) is 1. The molecule has 8 heteroatoms. The van der Waals surface area contributed by atoms with E-state index in [0.717, 1.165) is 35.9 Å². The quantitative estimate of drug-likeness (QED) is 0.546. The van der Waals surface area contributed by atoms with Crippen LogP contribution in [0, 0.1) is 24.4 Å². The molecule has 0 atom stereocenters. The van der Waals surface area contributed by atoms with E-state index in [1.807, 2.05) is 0 Å². The first-order chi connectivity index (χ1) is 14.8. The number of anilines is 2. The van der Waals surface area contributed by atoms with E-state index in [4.69, 9.17) is 11.6 Å². The molecule has 3 aromatic rings. The lowest BCUT2D eigenvalue weighted by atomic mass is 10.0. The second-order valence-electron chi connectivity index (χ2n) is 6.89. The molecular formula is C23H14ClF3N2O2. The third kappa shape index (κ3) is 3.80. The van der Waals surface area contributed by atoms with Gasteiger partial charge in [-0.3, -0.25) is 9.59 Å². The zero-order valence-electron chi connectivity index (χ0n) is 16.0. The third-order valence-corrected chi connectivity index (χ3v) is 5.21. The van der Waals surface area contributed by atoms with Gasteiger partial charge in [0.05, 0.1) is 11.3 Å². The number of carbonyl (C=O) groups is 2. The minimum absolute atomic E-state index is 0.106. The molecule has 31 heavy (non-hydrogen) atoms. The standard InChI is InChI=1S/C23H14ClF3N2O2/c1-12-2-8-16(11-17(12)24)28-21-20(13-3-5-14(25)6-4-13)22(30)29(23(21)31)19-10-15(26)7-9-18(19)27/h2-11,28H,1H3. The highest BCUT2D eigenvalue weighted by molar-refractivity contribution is 6.46. The topological polar surface area (TPSA) is 49.4 Å². The molecule has 0 saturated carbocycles. The maximum absolute atomic E-state index is 14.4. The van der Waals surface area contributed by atoms with Crippen LogP contribution in [0.2, 0.25) is 5.02 Å². The van der Waals surface area contributed by atoms with Gasteiger partial charge in [-0.2, -0.15) is 0 Å². The molecule has 1 aliphatic heterocycles. The molecular weight excluding hydrogens is 429 g/mol. The zero-order chi connectivity index (χ0) is 22.3. The van der Waals surface area contributed by atoms with Gasteiger partial charge < -0.3 is 5.32 Å². The summed E-state index contributed by atoms with van der Waals surface area (Å²) in [5, 5.41) is 3.29. The van der Waals surface area contributed by atoms with Crippen LogP contribution in [-0.4, -0.2) is 11.8 Å². The average Bonchev–Trinajstić information content (AvgIpc) is 2.97. The summed E-state index contributed by atoms with van der Waals surface area (Å²) in [6.07, 6.45) is 0. The van der Waals surface area contributed by atoms with Gasteiger partial charge in [-0.25, -0.2) is 18.1 Å². The van der Waals surface area contributed by atoms with Gasteiger partial charge in [0.15, 0.2) is 0 Å². The van der Waals surface area contributed by atoms with E-state index in [9.17, 15) is 22.8 Å². The van der Waals surface area contributed by atoms with Gasteiger partial charge in [0, 0.05) is 16.8 Å². The fourth-order valence-corrected chi connectivity index (χ4v) is 3.40. The maximum atomic E-state index is 14.4. The first-order valence-corrected chi connectivity index (χ1v) is 9.51. The van der Waals surface area contributed by atoms with Crippen molar-refractivity contribution < 1.29 is 22.8 Å². The SMILES string of the molecule is Cc1ccc(NC2=C(c3ccc(F)cc3)C(=O)N(c3cc(F)ccc3F)C2=O)cc1Cl. The molecule has 0 aliphatic carbocycles. The third-order valence-electron chi connectivity index (χ3n) is 4.81. The van der Waals surface area contributed by atoms with Crippen molar-refractivity contribution in [1.29, 1.82) is 0 Å². The summed E-state index contributed by atoms with van der Waals surface area (Å²) < 4.78 is 41.5. The second-order valence-corrected chi connectivity index (χ2v) is 7.29. The van der Waals surface area contributed by atoms with Crippen LogP contribution in [0.25, 0.3) is 5.57 Å². The largest absolute Gasteiger partial charge is 0.350 e. The van der Waals surface area contributed by atoms with Crippen molar-refractivity contribution >= 4 is 40.4 Å². The fourth-order valence-electron chi connectivity index (χ4n) is 3.22. The van der Waals surface area contributed by atoms with Crippen LogP contribution < -0.4 is 10.2 Å². The molecule has 0 fully saturated rings. The van der Waals surface area contributed by atoms with Crippen LogP contribution in [0.15, 0.2) is 66.4 Å². The van der Waals surface area contributed by atoms with Gasteiger partial charge in [0.1, 0.15) is 23.1 Å². The predicted octanol–water partition coefficient (Wildman–Crippen LogP) is 5.46. The number of amides is 2. The Hall–Kier alpha value is -3.58. The van der Waals surface area contributed by atoms with Crippen LogP contribution in [0.4, 0.5) is 24.5 Å². The number of rotatable bonds is 4. The van der Waals surface area contributed by atoms with Crippen molar-refractivity contribution in [1.82, 2.24) is 0 Å². The van der Waals surface area contributed by atoms with Crippen molar-refractivity contribution in [3.63, 3.8) is 0 Å². The van der Waals surface area contributed by atoms with Crippen molar-refractivity contribution in [3.05, 3.63) is 100.0 Å². The molecule has 1 N–H and O–H groups in total. The Morgan fingerprint density at radius 3 is 2.19 bits per heavy atom. The first kappa shape index (κ1) is 20.7. The van der Waals surface area contributed by atoms with Crippen molar-refractivity contribution in [3.8, 4) is 0 Å². The van der Waals surface area contributed by atoms with E-state index in [0.29, 0.717) is 15.6 Å². The van der Waals surface area contributed by atoms with Gasteiger partial charge in [-0.05, 0) is 54.4 Å². The Morgan fingerprint density at radius 2 is 1.52 bits per heavy atom. The monoisotopic (exact) mass is 442 g/mol. The van der Waals surface area contributed by atoms with Crippen LogP contribution in [0.5, 0.6) is 0 Å². The lowest BCUT2D eigenvalue weighted by molar-refractivity contribution is -0.120. The molecule has 0 unspecified atom stereocenters. The molecule has 0 aromatic heterocycles. The molecule has 1 heterocycles. The summed E-state index contributed by atoms with van der Waals surface area (Å²) in [5.41, 5.74) is 0.656. The Morgan fingerprint density at radius 1 is 0.839 bits per heavy atom. The van der Waals surface area contributed by atoms with Gasteiger partial charge in [0.2, 0.25) is 0 Å². The molecule has 0 saturated heterocycles. The molecule has 2 amide bonds. The van der Waals surface area contributed by atoms with Crippen LogP contribution >= 0.6 is 11.6 Å². The number of imide groups is 1. The van der Waals surface area contributed by atoms with E-state index in [1.165, 1.54) is 12.1 Å². The summed E-state index contributed by atoms with van der Waals surface area (Å²) in [4.78, 5) is 26.9. The van der Waals surface area contributed by atoms with Gasteiger partial charge in [-0.15, -0.1) is 0 Å². The van der Waals surface area contributed by atoms with E-state index in [2.05, 4.69) is 5.32 Å². The van der Waals surface area contributed by atoms with Crippen LogP contribution in [-0.2, 0) is 9.59 Å². The summed E-state index contributed by atoms with van der Waals surface area (Å²) in [6.45, 7) is 1.80. The van der Waals surface area contributed by atoms with Crippen molar-refractivity contribution in [2.24, 2.45) is 0 Å². The lowest BCUT2D eigenvalue weighted by Crippen LogP contribution is -2.33. The number of carbonyl (C=O) groups excluding carboxylic acids is 2. The first-order valence-electron chi connectivity index (χ1n) is 9.13. The highest BCUT2D eigenvalue weighted by Gasteiger charge is 2.41. The van der Waals surface area contributed by atoms with Crippen LogP contribution in [0.3, 0.4) is 0 Å². The summed E-state index contributed by atoms with van der Waals surface area (Å²) in [6, 6.07) is 12.3. The number of nitrogens with zero attached hydrogens (tertiary/aromatic N) is 1. The highest BCUT2D eigenvalue weighted by Crippen LogP contribution is 2.35. The van der Waals surface area contributed by atoms with E-state index >= 15 is 0 Å². The molecule has 156 valence electrons. The maximum Gasteiger partial charge on any atom is 0.282 e. The smallest absolute Gasteiger partial charge is 0.282 e. The highest BCUT2D eigenvalue weighted by atomic mass is 35.5. The minimum Gasteiger partial charge on any atom is -0.350 e. The van der Waals surface area contributed by atoms with Gasteiger partial charge in [0.25, 0.3) is 11.8 Å². The minimum atomic E-state index is -0.943. The van der Waals surface area contributed by atoms with E-state index < -0.39 is 35.0 Å². The number of aryl methyl sites for hydroxylation is 1. The molecule has 0 radical (unpaired) electrons. The van der Waals surface area contributed by atoms with Crippen molar-refractivity contribution in [2.45, 2.75) is 6.92 Å².